The lowest BCUT2D eigenvalue weighted by atomic mass is 9.89. The van der Waals surface area contributed by atoms with Crippen LogP contribution in [0.1, 0.15) is 56.9 Å². The van der Waals surface area contributed by atoms with Crippen LogP contribution in [0, 0.1) is 35.2 Å². The summed E-state index contributed by atoms with van der Waals surface area (Å²) in [5.41, 5.74) is -0.107. The average molecular weight is 346 g/mol. The van der Waals surface area contributed by atoms with Gasteiger partial charge in [-0.15, -0.1) is 0 Å². The minimum Gasteiger partial charge on any atom is -0.246 e. The second kappa shape index (κ2) is 7.01. The fourth-order valence-corrected chi connectivity index (χ4v) is 4.76. The highest BCUT2D eigenvalue weighted by atomic mass is 19.2. The molecule has 5 heteroatoms. The first-order chi connectivity index (χ1) is 11.4. The third kappa shape index (κ3) is 3.06. The van der Waals surface area contributed by atoms with Crippen molar-refractivity contribution in [2.24, 2.45) is 17.8 Å². The average Bonchev–Trinajstić information content (AvgIpc) is 2.68. The van der Waals surface area contributed by atoms with E-state index in [0.29, 0.717) is 18.8 Å². The monoisotopic (exact) mass is 346 g/mol. The molecule has 1 aromatic rings. The number of benzene rings is 1. The van der Waals surface area contributed by atoms with Gasteiger partial charge in [0.1, 0.15) is 12.3 Å². The Kier molecular flexibility index (Phi) is 5.16. The smallest absolute Gasteiger partial charge is 0.194 e. The SMILES string of the molecule is CCCC1CCC2C(F)C(c3cc(F)c(F)c(F)c3)C(F)C2CC1. The molecule has 3 rings (SSSR count). The van der Waals surface area contributed by atoms with Gasteiger partial charge in [-0.1, -0.05) is 32.6 Å². The fourth-order valence-electron chi connectivity index (χ4n) is 4.76. The molecule has 0 amide bonds. The third-order valence-electron chi connectivity index (χ3n) is 5.96. The van der Waals surface area contributed by atoms with Crippen LogP contribution in [-0.4, -0.2) is 12.3 Å². The van der Waals surface area contributed by atoms with Gasteiger partial charge in [0, 0.05) is 5.92 Å². The maximum absolute atomic E-state index is 14.9. The fraction of sp³-hybridized carbons (Fsp3) is 0.684. The van der Waals surface area contributed by atoms with E-state index in [1.165, 1.54) is 0 Å². The summed E-state index contributed by atoms with van der Waals surface area (Å²) >= 11 is 0. The molecule has 0 aliphatic heterocycles. The number of halogens is 5. The van der Waals surface area contributed by atoms with Gasteiger partial charge >= 0.3 is 0 Å². The van der Waals surface area contributed by atoms with Crippen molar-refractivity contribution >= 4 is 0 Å². The molecule has 0 spiro atoms. The molecular formula is C19H23F5. The van der Waals surface area contributed by atoms with Gasteiger partial charge in [0.05, 0.1) is 0 Å². The summed E-state index contributed by atoms with van der Waals surface area (Å²) in [5, 5.41) is 0. The Balaban J connectivity index is 1.84. The van der Waals surface area contributed by atoms with Gasteiger partial charge in [-0.05, 0) is 48.3 Å². The number of rotatable bonds is 3. The van der Waals surface area contributed by atoms with E-state index < -0.39 is 47.5 Å². The van der Waals surface area contributed by atoms with E-state index in [0.717, 1.165) is 37.8 Å². The summed E-state index contributed by atoms with van der Waals surface area (Å²) in [6.07, 6.45) is 2.16. The zero-order chi connectivity index (χ0) is 17.4. The standard InChI is InChI=1S/C19H23F5/c1-2-3-10-4-6-12-13(7-5-10)18(23)16(17(12)22)11-8-14(20)19(24)15(21)9-11/h8-10,12-13,16-18H,2-7H2,1H3. The van der Waals surface area contributed by atoms with Crippen molar-refractivity contribution in [1.82, 2.24) is 0 Å². The van der Waals surface area contributed by atoms with Crippen LogP contribution in [0.2, 0.25) is 0 Å². The predicted molar refractivity (Wildman–Crippen MR) is 82.7 cm³/mol. The van der Waals surface area contributed by atoms with Crippen LogP contribution in [0.5, 0.6) is 0 Å². The summed E-state index contributed by atoms with van der Waals surface area (Å²) in [4.78, 5) is 0. The number of fused-ring (bicyclic) bond motifs is 1. The van der Waals surface area contributed by atoms with Crippen molar-refractivity contribution in [1.29, 1.82) is 0 Å². The predicted octanol–water partition coefficient (Wildman–Crippen LogP) is 6.10. The minimum absolute atomic E-state index is 0.107. The first-order valence-corrected chi connectivity index (χ1v) is 8.86. The van der Waals surface area contributed by atoms with Crippen LogP contribution in [0.3, 0.4) is 0 Å². The number of hydrogen-bond acceptors (Lipinski definition) is 0. The lowest BCUT2D eigenvalue weighted by molar-refractivity contribution is 0.200. The number of hydrogen-bond donors (Lipinski definition) is 0. The molecule has 0 aromatic heterocycles. The van der Waals surface area contributed by atoms with Crippen molar-refractivity contribution in [3.8, 4) is 0 Å². The van der Waals surface area contributed by atoms with E-state index in [2.05, 4.69) is 6.92 Å². The van der Waals surface area contributed by atoms with Crippen LogP contribution in [0.15, 0.2) is 12.1 Å². The summed E-state index contributed by atoms with van der Waals surface area (Å²) in [7, 11) is 0. The molecule has 0 radical (unpaired) electrons. The summed E-state index contributed by atoms with van der Waals surface area (Å²) in [5.74, 6) is -5.89. The Hall–Kier alpha value is -1.13. The van der Waals surface area contributed by atoms with Crippen molar-refractivity contribution in [3.05, 3.63) is 35.1 Å². The second-order valence-electron chi connectivity index (χ2n) is 7.35. The summed E-state index contributed by atoms with van der Waals surface area (Å²) in [6.45, 7) is 2.11. The molecular weight excluding hydrogens is 323 g/mol. The van der Waals surface area contributed by atoms with Crippen molar-refractivity contribution in [2.75, 3.05) is 0 Å². The van der Waals surface area contributed by atoms with Crippen LogP contribution >= 0.6 is 0 Å². The maximum atomic E-state index is 14.9. The Morgan fingerprint density at radius 1 is 0.875 bits per heavy atom. The molecule has 1 aromatic carbocycles. The highest BCUT2D eigenvalue weighted by molar-refractivity contribution is 5.28. The van der Waals surface area contributed by atoms with Crippen LogP contribution in [0.25, 0.3) is 0 Å². The normalized spacial score (nSPS) is 36.4. The van der Waals surface area contributed by atoms with Crippen LogP contribution in [-0.2, 0) is 0 Å². The van der Waals surface area contributed by atoms with Crippen LogP contribution < -0.4 is 0 Å². The first-order valence-electron chi connectivity index (χ1n) is 8.86. The zero-order valence-corrected chi connectivity index (χ0v) is 13.8. The molecule has 0 heterocycles. The van der Waals surface area contributed by atoms with Gasteiger partial charge in [-0.3, -0.25) is 0 Å². The molecule has 0 nitrogen and oxygen atoms in total. The van der Waals surface area contributed by atoms with Gasteiger partial charge < -0.3 is 0 Å². The Morgan fingerprint density at radius 2 is 1.38 bits per heavy atom. The first kappa shape index (κ1) is 17.7. The van der Waals surface area contributed by atoms with E-state index >= 15 is 0 Å². The molecule has 4 unspecified atom stereocenters. The molecule has 0 N–H and O–H groups in total. The van der Waals surface area contributed by atoms with E-state index in [9.17, 15) is 22.0 Å². The van der Waals surface area contributed by atoms with Gasteiger partial charge in [0.2, 0.25) is 0 Å². The van der Waals surface area contributed by atoms with Crippen molar-refractivity contribution in [3.63, 3.8) is 0 Å². The van der Waals surface area contributed by atoms with E-state index in [1.54, 1.807) is 0 Å². The highest BCUT2D eigenvalue weighted by Crippen LogP contribution is 2.52. The maximum Gasteiger partial charge on any atom is 0.194 e. The highest BCUT2D eigenvalue weighted by Gasteiger charge is 2.52. The summed E-state index contributed by atoms with van der Waals surface area (Å²) in [6, 6.07) is 1.49. The lowest BCUT2D eigenvalue weighted by Gasteiger charge is -2.20. The van der Waals surface area contributed by atoms with Gasteiger partial charge in [-0.25, -0.2) is 22.0 Å². The van der Waals surface area contributed by atoms with Crippen molar-refractivity contribution < 1.29 is 22.0 Å². The Morgan fingerprint density at radius 3 is 1.83 bits per heavy atom. The quantitative estimate of drug-likeness (QED) is 0.458. The van der Waals surface area contributed by atoms with Gasteiger partial charge in [-0.2, -0.15) is 0 Å². The van der Waals surface area contributed by atoms with E-state index in [4.69, 9.17) is 0 Å². The molecule has 134 valence electrons. The molecule has 4 atom stereocenters. The molecule has 2 saturated carbocycles. The largest absolute Gasteiger partial charge is 0.246 e. The lowest BCUT2D eigenvalue weighted by Crippen LogP contribution is -2.19. The second-order valence-corrected chi connectivity index (χ2v) is 7.35. The third-order valence-corrected chi connectivity index (χ3v) is 5.96. The Labute approximate surface area is 139 Å². The molecule has 2 fully saturated rings. The van der Waals surface area contributed by atoms with Gasteiger partial charge in [0.15, 0.2) is 17.5 Å². The molecule has 0 saturated heterocycles. The topological polar surface area (TPSA) is 0 Å². The van der Waals surface area contributed by atoms with E-state index in [-0.39, 0.29) is 5.56 Å². The van der Waals surface area contributed by atoms with Gasteiger partial charge in [0.25, 0.3) is 0 Å². The summed E-state index contributed by atoms with van der Waals surface area (Å²) < 4.78 is 69.9. The molecule has 2 aliphatic rings. The van der Waals surface area contributed by atoms with E-state index in [1.807, 2.05) is 0 Å². The number of alkyl halides is 2. The molecule has 0 bridgehead atoms. The Bertz CT molecular complexity index is 544. The molecule has 2 aliphatic carbocycles. The minimum atomic E-state index is -1.60. The van der Waals surface area contributed by atoms with Crippen LogP contribution in [0.4, 0.5) is 22.0 Å². The zero-order valence-electron chi connectivity index (χ0n) is 13.8. The van der Waals surface area contributed by atoms with Crippen molar-refractivity contribution in [2.45, 2.75) is 63.7 Å². The molecule has 24 heavy (non-hydrogen) atoms.